The van der Waals surface area contributed by atoms with Crippen LogP contribution in [-0.4, -0.2) is 0 Å². The third kappa shape index (κ3) is 7.26. The van der Waals surface area contributed by atoms with Gasteiger partial charge in [0.1, 0.15) is 0 Å². The summed E-state index contributed by atoms with van der Waals surface area (Å²) in [6.45, 7) is 4.72. The third-order valence-corrected chi connectivity index (χ3v) is 14.5. The molecule has 1 nitrogen and oxygen atoms in total. The van der Waals surface area contributed by atoms with Gasteiger partial charge >= 0.3 is 0 Å². The molecule has 0 saturated heterocycles. The maximum absolute atomic E-state index is 2.40. The van der Waals surface area contributed by atoms with E-state index in [1.54, 1.807) is 0 Å². The maximum atomic E-state index is 2.40. The highest BCUT2D eigenvalue weighted by atomic mass is 15.1. The number of hydrogen-bond acceptors (Lipinski definition) is 1. The molecule has 2 aliphatic carbocycles. The zero-order valence-corrected chi connectivity index (χ0v) is 38.9. The number of fused-ring (bicyclic) bond motifs is 6. The first kappa shape index (κ1) is 41.9. The summed E-state index contributed by atoms with van der Waals surface area (Å²) in [6, 6.07) is 91.0. The van der Waals surface area contributed by atoms with Crippen molar-refractivity contribution in [1.29, 1.82) is 0 Å². The molecule has 0 unspecified atom stereocenters. The molecule has 0 spiro atoms. The smallest absolute Gasteiger partial charge is 0.0713 e. The van der Waals surface area contributed by atoms with Crippen molar-refractivity contribution in [2.75, 3.05) is 4.90 Å². The molecule has 2 aliphatic rings. The van der Waals surface area contributed by atoms with Crippen molar-refractivity contribution in [2.24, 2.45) is 0 Å². The van der Waals surface area contributed by atoms with Gasteiger partial charge in [-0.25, -0.2) is 0 Å². The Kier molecular flexibility index (Phi) is 10.5. The van der Waals surface area contributed by atoms with Crippen LogP contribution in [0.2, 0.25) is 0 Å². The number of anilines is 3. The molecule has 0 bridgehead atoms. The number of nitrogens with zero attached hydrogens (tertiary/aromatic N) is 1. The average molecular weight is 882 g/mol. The van der Waals surface area contributed by atoms with Gasteiger partial charge in [-0.05, 0) is 125 Å². The quantitative estimate of drug-likeness (QED) is 0.124. The van der Waals surface area contributed by atoms with E-state index in [1.807, 2.05) is 0 Å². The Morgan fingerprint density at radius 1 is 0.304 bits per heavy atom. The van der Waals surface area contributed by atoms with Crippen LogP contribution in [-0.2, 0) is 10.8 Å². The van der Waals surface area contributed by atoms with Crippen LogP contribution in [0.5, 0.6) is 0 Å². The van der Waals surface area contributed by atoms with Crippen LogP contribution in [0, 0.1) is 0 Å². The molecule has 0 fully saturated rings. The Morgan fingerprint density at radius 3 is 1.32 bits per heavy atom. The first-order valence-electron chi connectivity index (χ1n) is 24.1. The van der Waals surface area contributed by atoms with Gasteiger partial charge in [-0.15, -0.1) is 0 Å². The van der Waals surface area contributed by atoms with Crippen molar-refractivity contribution >= 4 is 41.4 Å². The number of rotatable bonds is 10. The van der Waals surface area contributed by atoms with E-state index in [4.69, 9.17) is 0 Å². The van der Waals surface area contributed by atoms with E-state index in [9.17, 15) is 0 Å². The Morgan fingerprint density at radius 2 is 0.739 bits per heavy atom. The minimum atomic E-state index is -0.411. The molecular formula is C68H51N. The van der Waals surface area contributed by atoms with E-state index < -0.39 is 5.41 Å². The molecule has 10 aromatic carbocycles. The van der Waals surface area contributed by atoms with Gasteiger partial charge in [-0.3, -0.25) is 0 Å². The summed E-state index contributed by atoms with van der Waals surface area (Å²) in [5.74, 6) is 0. The number of para-hydroxylation sites is 2. The first-order chi connectivity index (χ1) is 34.0. The lowest BCUT2D eigenvalue weighted by Crippen LogP contribution is -2.28. The number of hydrogen-bond donors (Lipinski definition) is 0. The van der Waals surface area contributed by atoms with Gasteiger partial charge < -0.3 is 4.90 Å². The molecule has 0 aliphatic heterocycles. The van der Waals surface area contributed by atoms with Gasteiger partial charge in [0, 0.05) is 22.5 Å². The van der Waals surface area contributed by atoms with Gasteiger partial charge in [0.2, 0.25) is 0 Å². The molecule has 0 radical (unpaired) electrons. The van der Waals surface area contributed by atoms with Gasteiger partial charge in [0.25, 0.3) is 0 Å². The zero-order valence-electron chi connectivity index (χ0n) is 38.9. The van der Waals surface area contributed by atoms with Gasteiger partial charge in [0.05, 0.1) is 5.41 Å². The lowest BCUT2D eigenvalue weighted by molar-refractivity contribution is 0.660. The monoisotopic (exact) mass is 881 g/mol. The summed E-state index contributed by atoms with van der Waals surface area (Å²) >= 11 is 0. The fourth-order valence-corrected chi connectivity index (χ4v) is 11.2. The van der Waals surface area contributed by atoms with E-state index >= 15 is 0 Å². The molecule has 0 amide bonds. The summed E-state index contributed by atoms with van der Waals surface area (Å²) in [6.07, 6.45) is 8.88. The molecule has 0 N–H and O–H groups in total. The van der Waals surface area contributed by atoms with Crippen LogP contribution >= 0.6 is 0 Å². The lowest BCUT2D eigenvalue weighted by Gasteiger charge is -2.34. The van der Waals surface area contributed by atoms with Crippen LogP contribution in [0.3, 0.4) is 0 Å². The molecule has 0 aromatic heterocycles. The van der Waals surface area contributed by atoms with Crippen LogP contribution < -0.4 is 4.90 Å². The predicted octanol–water partition coefficient (Wildman–Crippen LogP) is 17.8. The topological polar surface area (TPSA) is 3.24 Å². The molecule has 328 valence electrons. The minimum absolute atomic E-state index is 0.149. The Balaban J connectivity index is 0.767. The van der Waals surface area contributed by atoms with E-state index in [0.29, 0.717) is 0 Å². The van der Waals surface area contributed by atoms with Crippen molar-refractivity contribution in [3.63, 3.8) is 0 Å². The Labute approximate surface area is 406 Å². The number of benzene rings is 10. The average Bonchev–Trinajstić information content (AvgIpc) is 3.84. The fourth-order valence-electron chi connectivity index (χ4n) is 11.2. The lowest BCUT2D eigenvalue weighted by atomic mass is 9.67. The second-order valence-corrected chi connectivity index (χ2v) is 18.9. The molecule has 69 heavy (non-hydrogen) atoms. The largest absolute Gasteiger partial charge is 0.310 e. The van der Waals surface area contributed by atoms with Crippen molar-refractivity contribution in [3.05, 3.63) is 304 Å². The predicted molar refractivity (Wildman–Crippen MR) is 292 cm³/mol. The normalized spacial score (nSPS) is 13.8. The van der Waals surface area contributed by atoms with Gasteiger partial charge in [-0.2, -0.15) is 0 Å². The van der Waals surface area contributed by atoms with E-state index in [-0.39, 0.29) is 5.41 Å². The molecule has 0 heterocycles. The first-order valence-corrected chi connectivity index (χ1v) is 24.1. The minimum Gasteiger partial charge on any atom is -0.310 e. The molecule has 12 rings (SSSR count). The van der Waals surface area contributed by atoms with Crippen molar-refractivity contribution in [1.82, 2.24) is 0 Å². The van der Waals surface area contributed by atoms with E-state index in [2.05, 4.69) is 292 Å². The zero-order chi connectivity index (χ0) is 46.4. The Hall–Kier alpha value is -8.52. The van der Waals surface area contributed by atoms with Crippen molar-refractivity contribution < 1.29 is 0 Å². The van der Waals surface area contributed by atoms with Crippen LogP contribution in [0.25, 0.3) is 57.7 Å². The van der Waals surface area contributed by atoms with Crippen LogP contribution in [0.4, 0.5) is 17.1 Å². The summed E-state index contributed by atoms with van der Waals surface area (Å²) in [7, 11) is 0. The second kappa shape index (κ2) is 17.3. The Bertz CT molecular complexity index is 3450. The highest BCUT2D eigenvalue weighted by molar-refractivity contribution is 5.96. The SMILES string of the molecule is CC1(C)c2cc(/C=C/c3ccc(/C=C/c4ccc(-c5cccc6c5-c5ccccc5C6(c5ccccc5)c5ccccc5)cc4)cc3)ccc2-c2ccc(N(c3ccccc3)c3ccccc3)cc21. The summed E-state index contributed by atoms with van der Waals surface area (Å²) in [5, 5.41) is 0. The summed E-state index contributed by atoms with van der Waals surface area (Å²) in [5.41, 5.74) is 23.3. The maximum Gasteiger partial charge on any atom is 0.0713 e. The molecule has 10 aromatic rings. The summed E-state index contributed by atoms with van der Waals surface area (Å²) in [4.78, 5) is 2.35. The standard InChI is InChI=1S/C68H51N/c1-67(2)64-46-51(40-44-59(64)60-45-43-57(47-65(60)67)69(55-22-11-5-12-23-55)56-24-13-6-14-25-56)37-36-49-32-30-48(31-33-49)34-35-50-38-41-52(42-39-50)58-27-17-29-63-66(58)61-26-15-16-28-62(61)68(63,53-18-7-3-8-19-53)54-20-9-4-10-21-54/h3-47H,1-2H3/b35-34+,37-36+. The molecule has 0 atom stereocenters. The van der Waals surface area contributed by atoms with Crippen LogP contribution in [0.15, 0.2) is 249 Å². The summed E-state index contributed by atoms with van der Waals surface area (Å²) < 4.78 is 0. The highest BCUT2D eigenvalue weighted by Crippen LogP contribution is 2.58. The molecular weight excluding hydrogens is 831 g/mol. The third-order valence-electron chi connectivity index (χ3n) is 14.5. The van der Waals surface area contributed by atoms with E-state index in [0.717, 1.165) is 17.1 Å². The highest BCUT2D eigenvalue weighted by Gasteiger charge is 2.46. The fraction of sp³-hybridized carbons (Fsp3) is 0.0588. The second-order valence-electron chi connectivity index (χ2n) is 18.9. The van der Waals surface area contributed by atoms with Gasteiger partial charge in [0.15, 0.2) is 0 Å². The van der Waals surface area contributed by atoms with Crippen LogP contribution in [0.1, 0.15) is 69.5 Å². The van der Waals surface area contributed by atoms with Crippen molar-refractivity contribution in [3.8, 4) is 33.4 Å². The molecule has 1 heteroatoms. The molecule has 0 saturated carbocycles. The van der Waals surface area contributed by atoms with E-state index in [1.165, 1.54) is 89.0 Å². The van der Waals surface area contributed by atoms with Crippen molar-refractivity contribution in [2.45, 2.75) is 24.7 Å². The van der Waals surface area contributed by atoms with Gasteiger partial charge in [-0.1, -0.05) is 250 Å².